The predicted molar refractivity (Wildman–Crippen MR) is 103 cm³/mol. The van der Waals surface area contributed by atoms with Crippen molar-refractivity contribution in [2.75, 3.05) is 32.7 Å². The van der Waals surface area contributed by atoms with Gasteiger partial charge in [-0.3, -0.25) is 14.6 Å². The molecular formula is C18H28BrN3OS. The lowest BCUT2D eigenvalue weighted by Gasteiger charge is -2.35. The Hall–Kier alpha value is -0.430. The van der Waals surface area contributed by atoms with Gasteiger partial charge in [0.1, 0.15) is 0 Å². The maximum absolute atomic E-state index is 12.3. The van der Waals surface area contributed by atoms with Crippen molar-refractivity contribution in [1.82, 2.24) is 15.1 Å². The third-order valence-corrected chi connectivity index (χ3v) is 6.91. The summed E-state index contributed by atoms with van der Waals surface area (Å²) in [5, 5.41) is 3.27. The molecule has 1 amide bonds. The first-order valence-electron chi connectivity index (χ1n) is 9.08. The molecule has 2 aliphatic rings. The summed E-state index contributed by atoms with van der Waals surface area (Å²) in [5.74, 6) is 0.842. The molecule has 1 saturated carbocycles. The Morgan fingerprint density at radius 1 is 1.21 bits per heavy atom. The SMILES string of the molecule is C[C@H]1CCCC[C@H]1NC(=O)CN1CCN(Cc2ccc(Br)s2)CC1. The summed E-state index contributed by atoms with van der Waals surface area (Å²) in [6.07, 6.45) is 4.97. The minimum atomic E-state index is 0.212. The van der Waals surface area contributed by atoms with Crippen LogP contribution in [0, 0.1) is 5.92 Å². The smallest absolute Gasteiger partial charge is 0.234 e. The van der Waals surface area contributed by atoms with Gasteiger partial charge in [0.25, 0.3) is 0 Å². The molecule has 1 N–H and O–H groups in total. The highest BCUT2D eigenvalue weighted by atomic mass is 79.9. The number of thiophene rings is 1. The third kappa shape index (κ3) is 5.28. The zero-order valence-corrected chi connectivity index (χ0v) is 16.9. The van der Waals surface area contributed by atoms with E-state index in [4.69, 9.17) is 0 Å². The largest absolute Gasteiger partial charge is 0.352 e. The molecule has 0 radical (unpaired) electrons. The molecule has 1 aliphatic heterocycles. The number of carbonyl (C=O) groups excluding carboxylic acids is 1. The third-order valence-electron chi connectivity index (χ3n) is 5.30. The average Bonchev–Trinajstić information content (AvgIpc) is 2.96. The van der Waals surface area contributed by atoms with Crippen LogP contribution in [0.15, 0.2) is 15.9 Å². The number of hydrogen-bond donors (Lipinski definition) is 1. The number of halogens is 1. The molecule has 1 saturated heterocycles. The van der Waals surface area contributed by atoms with Gasteiger partial charge in [0.15, 0.2) is 0 Å². The van der Waals surface area contributed by atoms with Crippen molar-refractivity contribution in [2.45, 2.75) is 45.2 Å². The quantitative estimate of drug-likeness (QED) is 0.803. The average molecular weight is 414 g/mol. The van der Waals surface area contributed by atoms with Gasteiger partial charge in [0, 0.05) is 43.6 Å². The van der Waals surface area contributed by atoms with Crippen molar-refractivity contribution in [3.8, 4) is 0 Å². The lowest BCUT2D eigenvalue weighted by atomic mass is 9.86. The second-order valence-electron chi connectivity index (χ2n) is 7.19. The van der Waals surface area contributed by atoms with Gasteiger partial charge >= 0.3 is 0 Å². The van der Waals surface area contributed by atoms with Crippen molar-refractivity contribution in [3.63, 3.8) is 0 Å². The Labute approximate surface area is 157 Å². The number of rotatable bonds is 5. The molecule has 134 valence electrons. The van der Waals surface area contributed by atoms with Crippen molar-refractivity contribution < 1.29 is 4.79 Å². The number of hydrogen-bond acceptors (Lipinski definition) is 4. The van der Waals surface area contributed by atoms with E-state index in [-0.39, 0.29) is 5.91 Å². The lowest BCUT2D eigenvalue weighted by molar-refractivity contribution is -0.124. The van der Waals surface area contributed by atoms with E-state index in [1.165, 1.54) is 27.9 Å². The van der Waals surface area contributed by atoms with Crippen molar-refractivity contribution in [2.24, 2.45) is 5.92 Å². The van der Waals surface area contributed by atoms with E-state index >= 15 is 0 Å². The monoisotopic (exact) mass is 413 g/mol. The fraction of sp³-hybridized carbons (Fsp3) is 0.722. The molecule has 4 nitrogen and oxygen atoms in total. The zero-order chi connectivity index (χ0) is 16.9. The Morgan fingerprint density at radius 3 is 2.58 bits per heavy atom. The highest BCUT2D eigenvalue weighted by Crippen LogP contribution is 2.24. The van der Waals surface area contributed by atoms with E-state index in [0.717, 1.165) is 39.1 Å². The van der Waals surface area contributed by atoms with E-state index in [0.29, 0.717) is 18.5 Å². The topological polar surface area (TPSA) is 35.6 Å². The highest BCUT2D eigenvalue weighted by Gasteiger charge is 2.24. The molecular weight excluding hydrogens is 386 g/mol. The van der Waals surface area contributed by atoms with Gasteiger partial charge in [-0.1, -0.05) is 19.8 Å². The van der Waals surface area contributed by atoms with Gasteiger partial charge in [-0.15, -0.1) is 11.3 Å². The van der Waals surface area contributed by atoms with Gasteiger partial charge in [0.2, 0.25) is 5.91 Å². The number of amides is 1. The summed E-state index contributed by atoms with van der Waals surface area (Å²) in [6.45, 7) is 7.91. The number of nitrogens with zero attached hydrogens (tertiary/aromatic N) is 2. The highest BCUT2D eigenvalue weighted by molar-refractivity contribution is 9.11. The van der Waals surface area contributed by atoms with Crippen LogP contribution in [0.5, 0.6) is 0 Å². The van der Waals surface area contributed by atoms with Crippen LogP contribution in [0.1, 0.15) is 37.5 Å². The molecule has 1 aromatic rings. The number of nitrogens with one attached hydrogen (secondary N) is 1. The van der Waals surface area contributed by atoms with Crippen LogP contribution in [0.4, 0.5) is 0 Å². The molecule has 24 heavy (non-hydrogen) atoms. The van der Waals surface area contributed by atoms with E-state index in [9.17, 15) is 4.79 Å². The molecule has 6 heteroatoms. The summed E-state index contributed by atoms with van der Waals surface area (Å²) in [5.41, 5.74) is 0. The second kappa shape index (κ2) is 8.79. The van der Waals surface area contributed by atoms with Gasteiger partial charge < -0.3 is 5.32 Å². The van der Waals surface area contributed by atoms with Crippen LogP contribution in [0.3, 0.4) is 0 Å². The first-order valence-corrected chi connectivity index (χ1v) is 10.7. The Morgan fingerprint density at radius 2 is 1.92 bits per heavy atom. The normalized spacial score (nSPS) is 26.4. The minimum Gasteiger partial charge on any atom is -0.352 e. The van der Waals surface area contributed by atoms with Crippen LogP contribution in [0.25, 0.3) is 0 Å². The molecule has 1 aromatic heterocycles. The maximum atomic E-state index is 12.3. The van der Waals surface area contributed by atoms with Crippen LogP contribution < -0.4 is 5.32 Å². The van der Waals surface area contributed by atoms with Crippen molar-refractivity contribution in [1.29, 1.82) is 0 Å². The Kier molecular flexibility index (Phi) is 6.72. The molecule has 0 spiro atoms. The molecule has 1 aliphatic carbocycles. The zero-order valence-electron chi connectivity index (χ0n) is 14.5. The lowest BCUT2D eigenvalue weighted by Crippen LogP contribution is -2.51. The van der Waals surface area contributed by atoms with Crippen molar-refractivity contribution >= 4 is 33.2 Å². The summed E-state index contributed by atoms with van der Waals surface area (Å²) in [4.78, 5) is 18.5. The first kappa shape index (κ1) is 18.4. The molecule has 0 aromatic carbocycles. The first-order chi connectivity index (χ1) is 11.6. The molecule has 0 bridgehead atoms. The molecule has 2 fully saturated rings. The summed E-state index contributed by atoms with van der Waals surface area (Å²) < 4.78 is 1.20. The van der Waals surface area contributed by atoms with Gasteiger partial charge in [0.05, 0.1) is 10.3 Å². The fourth-order valence-electron chi connectivity index (χ4n) is 3.75. The molecule has 0 unspecified atom stereocenters. The molecule has 3 rings (SSSR count). The van der Waals surface area contributed by atoms with Crippen LogP contribution >= 0.6 is 27.3 Å². The van der Waals surface area contributed by atoms with Gasteiger partial charge in [-0.2, -0.15) is 0 Å². The number of carbonyl (C=O) groups is 1. The molecule has 2 heterocycles. The summed E-state index contributed by atoms with van der Waals surface area (Å²) >= 11 is 5.34. The van der Waals surface area contributed by atoms with Gasteiger partial charge in [-0.05, 0) is 46.8 Å². The van der Waals surface area contributed by atoms with Gasteiger partial charge in [-0.25, -0.2) is 0 Å². The van der Waals surface area contributed by atoms with Crippen LogP contribution in [0.2, 0.25) is 0 Å². The van der Waals surface area contributed by atoms with Crippen LogP contribution in [-0.2, 0) is 11.3 Å². The van der Waals surface area contributed by atoms with Crippen LogP contribution in [-0.4, -0.2) is 54.5 Å². The molecule has 2 atom stereocenters. The summed E-state index contributed by atoms with van der Waals surface area (Å²) in [7, 11) is 0. The minimum absolute atomic E-state index is 0.212. The second-order valence-corrected chi connectivity index (χ2v) is 9.74. The van der Waals surface area contributed by atoms with E-state index in [1.54, 1.807) is 0 Å². The van der Waals surface area contributed by atoms with E-state index < -0.39 is 0 Å². The Balaban J connectivity index is 1.37. The maximum Gasteiger partial charge on any atom is 0.234 e. The fourth-order valence-corrected chi connectivity index (χ4v) is 5.27. The predicted octanol–water partition coefficient (Wildman–Crippen LogP) is 3.32. The Bertz CT molecular complexity index is 542. The summed E-state index contributed by atoms with van der Waals surface area (Å²) in [6, 6.07) is 4.71. The van der Waals surface area contributed by atoms with E-state index in [1.807, 2.05) is 11.3 Å². The van der Waals surface area contributed by atoms with Crippen molar-refractivity contribution in [3.05, 3.63) is 20.8 Å². The number of piperazine rings is 1. The van der Waals surface area contributed by atoms with E-state index in [2.05, 4.69) is 50.1 Å². The standard InChI is InChI=1S/C18H28BrN3OS/c1-14-4-2-3-5-16(14)20-18(23)13-22-10-8-21(9-11-22)12-15-6-7-17(19)24-15/h6-7,14,16H,2-5,8-13H2,1H3,(H,20,23)/t14-,16+/m0/s1.